The second-order valence-corrected chi connectivity index (χ2v) is 7.13. The van der Waals surface area contributed by atoms with E-state index >= 15 is 0 Å². The van der Waals surface area contributed by atoms with Crippen molar-refractivity contribution < 1.29 is 9.59 Å². The van der Waals surface area contributed by atoms with Crippen molar-refractivity contribution in [1.82, 2.24) is 25.3 Å². The number of hydrogen-bond acceptors (Lipinski definition) is 4. The Bertz CT molecular complexity index is 970. The van der Waals surface area contributed by atoms with Crippen molar-refractivity contribution in [1.29, 1.82) is 0 Å². The number of hydrogen-bond donors (Lipinski definition) is 2. The minimum Gasteiger partial charge on any atom is -0.338 e. The fraction of sp³-hybridized carbons (Fsp3) is 0.261. The number of para-hydroxylation sites is 1. The number of amides is 3. The molecule has 0 aliphatic heterocycles. The highest BCUT2D eigenvalue weighted by Crippen LogP contribution is 2.24. The highest BCUT2D eigenvalue weighted by atomic mass is 16.2. The summed E-state index contributed by atoms with van der Waals surface area (Å²) in [5, 5.41) is 9.78. The van der Waals surface area contributed by atoms with E-state index in [1.807, 2.05) is 90.4 Å². The van der Waals surface area contributed by atoms with Gasteiger partial charge in [-0.2, -0.15) is 5.10 Å². The first kappa shape index (κ1) is 21.3. The van der Waals surface area contributed by atoms with Crippen molar-refractivity contribution in [2.75, 3.05) is 20.1 Å². The van der Waals surface area contributed by atoms with Gasteiger partial charge in [0, 0.05) is 30.4 Å². The maximum atomic E-state index is 12.2. The molecule has 156 valence electrons. The average molecular weight is 406 g/mol. The summed E-state index contributed by atoms with van der Waals surface area (Å²) < 4.78 is 1.85. The average Bonchev–Trinajstić information content (AvgIpc) is 3.17. The number of benzene rings is 2. The van der Waals surface area contributed by atoms with E-state index in [0.29, 0.717) is 13.1 Å². The van der Waals surface area contributed by atoms with E-state index in [0.717, 1.165) is 28.9 Å². The summed E-state index contributed by atoms with van der Waals surface area (Å²) in [7, 11) is 1.85. The van der Waals surface area contributed by atoms with Crippen LogP contribution in [0.4, 0.5) is 4.79 Å². The van der Waals surface area contributed by atoms with Crippen molar-refractivity contribution in [2.45, 2.75) is 19.9 Å². The summed E-state index contributed by atoms with van der Waals surface area (Å²) in [5.41, 5.74) is 3.84. The number of likely N-dealkylation sites (N-methyl/N-ethyl adjacent to an activating group) is 1. The lowest BCUT2D eigenvalue weighted by Gasteiger charge is -2.16. The summed E-state index contributed by atoms with van der Waals surface area (Å²) in [4.78, 5) is 25.7. The largest absolute Gasteiger partial charge is 0.338 e. The van der Waals surface area contributed by atoms with Crippen LogP contribution in [-0.2, 0) is 11.3 Å². The zero-order chi connectivity index (χ0) is 21.3. The molecule has 3 rings (SSSR count). The van der Waals surface area contributed by atoms with Gasteiger partial charge in [-0.25, -0.2) is 9.48 Å². The topological polar surface area (TPSA) is 79.3 Å². The number of nitrogens with one attached hydrogen (secondary N) is 2. The third kappa shape index (κ3) is 5.78. The molecule has 3 aromatic rings. The molecule has 0 unspecified atom stereocenters. The smallest absolute Gasteiger partial charge is 0.321 e. The normalized spacial score (nSPS) is 10.8. The fourth-order valence-electron chi connectivity index (χ4n) is 3.12. The molecule has 2 N–H and O–H groups in total. The Morgan fingerprint density at radius 2 is 1.70 bits per heavy atom. The quantitative estimate of drug-likeness (QED) is 0.603. The molecule has 0 fully saturated rings. The zero-order valence-corrected chi connectivity index (χ0v) is 17.3. The molecule has 0 radical (unpaired) electrons. The molecule has 7 nitrogen and oxygen atoms in total. The number of imide groups is 1. The molecular formula is C23H27N5O2. The first-order chi connectivity index (χ1) is 14.6. The lowest BCUT2D eigenvalue weighted by Crippen LogP contribution is -2.43. The van der Waals surface area contributed by atoms with Crippen LogP contribution < -0.4 is 10.6 Å². The Balaban J connectivity index is 1.75. The molecule has 0 saturated carbocycles. The monoisotopic (exact) mass is 405 g/mol. The molecule has 0 aliphatic rings. The van der Waals surface area contributed by atoms with E-state index in [-0.39, 0.29) is 12.5 Å². The van der Waals surface area contributed by atoms with E-state index in [4.69, 9.17) is 5.10 Å². The van der Waals surface area contributed by atoms with Crippen LogP contribution in [0, 0.1) is 0 Å². The van der Waals surface area contributed by atoms with Gasteiger partial charge in [-0.05, 0) is 25.6 Å². The predicted octanol–water partition coefficient (Wildman–Crippen LogP) is 3.21. The van der Waals surface area contributed by atoms with Gasteiger partial charge in [-0.15, -0.1) is 0 Å². The van der Waals surface area contributed by atoms with E-state index in [9.17, 15) is 9.59 Å². The number of carbonyl (C=O) groups is 2. The number of carbonyl (C=O) groups excluding carboxylic acids is 2. The molecular weight excluding hydrogens is 378 g/mol. The van der Waals surface area contributed by atoms with Gasteiger partial charge in [0.05, 0.1) is 17.9 Å². The number of nitrogens with zero attached hydrogens (tertiary/aromatic N) is 3. The van der Waals surface area contributed by atoms with Gasteiger partial charge in [0.15, 0.2) is 0 Å². The zero-order valence-electron chi connectivity index (χ0n) is 17.3. The Morgan fingerprint density at radius 1 is 1.03 bits per heavy atom. The predicted molar refractivity (Wildman–Crippen MR) is 117 cm³/mol. The molecule has 1 heterocycles. The van der Waals surface area contributed by atoms with Crippen molar-refractivity contribution >= 4 is 11.9 Å². The number of urea groups is 1. The van der Waals surface area contributed by atoms with Crippen LogP contribution in [-0.4, -0.2) is 46.8 Å². The SMILES string of the molecule is CCCNC(=O)NC(=O)CN(C)Cc1cn(-c2ccccc2)nc1-c1ccccc1. The Hall–Kier alpha value is -3.45. The second kappa shape index (κ2) is 10.4. The summed E-state index contributed by atoms with van der Waals surface area (Å²) >= 11 is 0. The first-order valence-electron chi connectivity index (χ1n) is 10.0. The standard InChI is InChI=1S/C23H27N5O2/c1-3-14-24-23(30)25-21(29)17-27(2)15-19-16-28(20-12-8-5-9-13-20)26-22(19)18-10-6-4-7-11-18/h4-13,16H,3,14-15,17H2,1-2H3,(H2,24,25,29,30). The van der Waals surface area contributed by atoms with Crippen molar-refractivity contribution in [2.24, 2.45) is 0 Å². The van der Waals surface area contributed by atoms with Crippen LogP contribution >= 0.6 is 0 Å². The first-order valence-corrected chi connectivity index (χ1v) is 10.0. The van der Waals surface area contributed by atoms with Gasteiger partial charge in [-0.3, -0.25) is 15.0 Å². The van der Waals surface area contributed by atoms with Crippen LogP contribution in [0.15, 0.2) is 66.9 Å². The molecule has 0 spiro atoms. The van der Waals surface area contributed by atoms with E-state index < -0.39 is 6.03 Å². The Morgan fingerprint density at radius 3 is 2.37 bits per heavy atom. The Labute approximate surface area is 176 Å². The molecule has 3 amide bonds. The number of aromatic nitrogens is 2. The summed E-state index contributed by atoms with van der Waals surface area (Å²) in [5.74, 6) is -0.345. The summed E-state index contributed by atoms with van der Waals surface area (Å²) in [6.45, 7) is 3.11. The lowest BCUT2D eigenvalue weighted by atomic mass is 10.1. The molecule has 0 atom stereocenters. The van der Waals surface area contributed by atoms with Crippen LogP contribution in [0.5, 0.6) is 0 Å². The van der Waals surface area contributed by atoms with Gasteiger partial charge in [0.2, 0.25) is 5.91 Å². The maximum absolute atomic E-state index is 12.2. The second-order valence-electron chi connectivity index (χ2n) is 7.13. The van der Waals surface area contributed by atoms with Crippen LogP contribution in [0.25, 0.3) is 16.9 Å². The van der Waals surface area contributed by atoms with Crippen molar-refractivity contribution in [3.05, 3.63) is 72.4 Å². The van der Waals surface area contributed by atoms with E-state index in [1.54, 1.807) is 0 Å². The molecule has 0 aliphatic carbocycles. The van der Waals surface area contributed by atoms with Crippen molar-refractivity contribution in [3.8, 4) is 16.9 Å². The van der Waals surface area contributed by atoms with E-state index in [2.05, 4.69) is 10.6 Å². The van der Waals surface area contributed by atoms with Crippen LogP contribution in [0.1, 0.15) is 18.9 Å². The lowest BCUT2D eigenvalue weighted by molar-refractivity contribution is -0.120. The highest BCUT2D eigenvalue weighted by Gasteiger charge is 2.16. The van der Waals surface area contributed by atoms with Crippen LogP contribution in [0.3, 0.4) is 0 Å². The Kier molecular flexibility index (Phi) is 7.34. The van der Waals surface area contributed by atoms with E-state index in [1.165, 1.54) is 0 Å². The van der Waals surface area contributed by atoms with Gasteiger partial charge in [0.1, 0.15) is 0 Å². The molecule has 0 saturated heterocycles. The van der Waals surface area contributed by atoms with Crippen LogP contribution in [0.2, 0.25) is 0 Å². The highest BCUT2D eigenvalue weighted by molar-refractivity contribution is 5.95. The third-order valence-corrected chi connectivity index (χ3v) is 4.50. The molecule has 0 bridgehead atoms. The minimum atomic E-state index is -0.461. The fourth-order valence-corrected chi connectivity index (χ4v) is 3.12. The summed E-state index contributed by atoms with van der Waals surface area (Å²) in [6.07, 6.45) is 2.80. The third-order valence-electron chi connectivity index (χ3n) is 4.50. The van der Waals surface area contributed by atoms with Gasteiger partial charge in [0.25, 0.3) is 0 Å². The molecule has 30 heavy (non-hydrogen) atoms. The summed E-state index contributed by atoms with van der Waals surface area (Å²) in [6, 6.07) is 19.4. The molecule has 1 aromatic heterocycles. The van der Waals surface area contributed by atoms with Gasteiger partial charge < -0.3 is 5.32 Å². The minimum absolute atomic E-state index is 0.101. The van der Waals surface area contributed by atoms with Crippen molar-refractivity contribution in [3.63, 3.8) is 0 Å². The maximum Gasteiger partial charge on any atom is 0.321 e. The number of rotatable bonds is 8. The van der Waals surface area contributed by atoms with Gasteiger partial charge >= 0.3 is 6.03 Å². The molecule has 7 heteroatoms. The molecule has 2 aromatic carbocycles. The van der Waals surface area contributed by atoms with Gasteiger partial charge in [-0.1, -0.05) is 55.5 Å².